The maximum absolute atomic E-state index is 12.8. The van der Waals surface area contributed by atoms with E-state index in [2.05, 4.69) is 14.9 Å². The Morgan fingerprint density at radius 1 is 1.07 bits per heavy atom. The number of fused-ring (bicyclic) bond motifs is 1. The lowest BCUT2D eigenvalue weighted by Crippen LogP contribution is -2.48. The van der Waals surface area contributed by atoms with E-state index in [1.165, 1.54) is 18.2 Å². The van der Waals surface area contributed by atoms with Gasteiger partial charge in [0.05, 0.1) is 18.1 Å². The van der Waals surface area contributed by atoms with Crippen LogP contribution in [0.3, 0.4) is 0 Å². The lowest BCUT2D eigenvalue weighted by atomic mass is 10.1. The quantitative estimate of drug-likeness (QED) is 0.725. The Bertz CT molecular complexity index is 1020. The highest BCUT2D eigenvalue weighted by molar-refractivity contribution is 5.97. The van der Waals surface area contributed by atoms with Gasteiger partial charge >= 0.3 is 6.18 Å². The molecule has 0 radical (unpaired) electrons. The number of anilines is 1. The third kappa shape index (κ3) is 3.85. The number of benzene rings is 2. The van der Waals surface area contributed by atoms with E-state index in [1.54, 1.807) is 12.0 Å². The molecule has 4 rings (SSSR count). The molecule has 0 saturated carbocycles. The molecule has 9 heteroatoms. The molecule has 1 aliphatic rings. The Kier molecular flexibility index (Phi) is 4.81. The van der Waals surface area contributed by atoms with E-state index in [1.807, 2.05) is 24.3 Å². The Morgan fingerprint density at radius 2 is 1.76 bits per heavy atom. The van der Waals surface area contributed by atoms with Gasteiger partial charge in [0, 0.05) is 37.4 Å². The molecule has 0 aliphatic carbocycles. The minimum absolute atomic E-state index is 0.179. The van der Waals surface area contributed by atoms with Gasteiger partial charge < -0.3 is 19.5 Å². The molecule has 2 heterocycles. The summed E-state index contributed by atoms with van der Waals surface area (Å²) in [6.45, 7) is 2.39. The van der Waals surface area contributed by atoms with Crippen molar-refractivity contribution < 1.29 is 22.7 Å². The molecule has 1 saturated heterocycles. The van der Waals surface area contributed by atoms with Crippen molar-refractivity contribution >= 4 is 22.6 Å². The molecule has 0 spiro atoms. The molecule has 29 heavy (non-hydrogen) atoms. The first kappa shape index (κ1) is 19.1. The van der Waals surface area contributed by atoms with Crippen molar-refractivity contribution in [2.24, 2.45) is 0 Å². The summed E-state index contributed by atoms with van der Waals surface area (Å²) in [5.74, 6) is -0.486. The fourth-order valence-corrected chi connectivity index (χ4v) is 3.42. The highest BCUT2D eigenvalue weighted by atomic mass is 19.4. The second-order valence-corrected chi connectivity index (χ2v) is 6.79. The van der Waals surface area contributed by atoms with Gasteiger partial charge in [-0.1, -0.05) is 0 Å². The predicted octanol–water partition coefficient (Wildman–Crippen LogP) is 3.55. The number of nitrogens with one attached hydrogen (secondary N) is 1. The molecule has 6 nitrogen and oxygen atoms in total. The van der Waals surface area contributed by atoms with Gasteiger partial charge in [0.25, 0.3) is 5.91 Å². The minimum atomic E-state index is -4.55. The van der Waals surface area contributed by atoms with Gasteiger partial charge in [-0.2, -0.15) is 13.2 Å². The number of hydrogen-bond donors (Lipinski definition) is 1. The van der Waals surface area contributed by atoms with Crippen LogP contribution in [0.1, 0.15) is 16.2 Å². The van der Waals surface area contributed by atoms with E-state index in [0.717, 1.165) is 11.4 Å². The van der Waals surface area contributed by atoms with Crippen molar-refractivity contribution in [2.75, 3.05) is 38.2 Å². The van der Waals surface area contributed by atoms with Gasteiger partial charge in [0.2, 0.25) is 5.82 Å². The van der Waals surface area contributed by atoms with Crippen LogP contribution in [-0.2, 0) is 6.18 Å². The molecule has 1 amide bonds. The first-order valence-electron chi connectivity index (χ1n) is 9.10. The third-order valence-electron chi connectivity index (χ3n) is 5.00. The lowest BCUT2D eigenvalue weighted by Gasteiger charge is -2.36. The Morgan fingerprint density at radius 3 is 2.38 bits per heavy atom. The highest BCUT2D eigenvalue weighted by Gasteiger charge is 2.34. The first-order valence-corrected chi connectivity index (χ1v) is 9.10. The van der Waals surface area contributed by atoms with Crippen LogP contribution in [0.25, 0.3) is 11.0 Å². The summed E-state index contributed by atoms with van der Waals surface area (Å²) in [6, 6.07) is 12.1. The van der Waals surface area contributed by atoms with Crippen molar-refractivity contribution in [1.82, 2.24) is 14.9 Å². The molecule has 1 fully saturated rings. The van der Waals surface area contributed by atoms with E-state index < -0.39 is 12.0 Å². The van der Waals surface area contributed by atoms with E-state index in [4.69, 9.17) is 4.74 Å². The van der Waals surface area contributed by atoms with Crippen LogP contribution in [0.4, 0.5) is 18.9 Å². The number of methoxy groups -OCH3 is 1. The maximum atomic E-state index is 12.8. The number of carbonyl (C=O) groups excluding carboxylic acids is 1. The van der Waals surface area contributed by atoms with Crippen molar-refractivity contribution in [2.45, 2.75) is 6.18 Å². The molecule has 3 aromatic rings. The zero-order chi connectivity index (χ0) is 20.6. The molecular weight excluding hydrogens is 385 g/mol. The Balaban J connectivity index is 1.45. The summed E-state index contributed by atoms with van der Waals surface area (Å²) in [5, 5.41) is 0. The van der Waals surface area contributed by atoms with Gasteiger partial charge in [-0.15, -0.1) is 0 Å². The van der Waals surface area contributed by atoms with Crippen LogP contribution in [0.15, 0.2) is 42.5 Å². The number of halogens is 3. The molecule has 1 aromatic heterocycles. The summed E-state index contributed by atoms with van der Waals surface area (Å²) in [4.78, 5) is 22.5. The van der Waals surface area contributed by atoms with Gasteiger partial charge in [0.15, 0.2) is 0 Å². The maximum Gasteiger partial charge on any atom is 0.449 e. The average Bonchev–Trinajstić information content (AvgIpc) is 3.17. The smallest absolute Gasteiger partial charge is 0.449 e. The number of amides is 1. The van der Waals surface area contributed by atoms with Crippen molar-refractivity contribution in [3.05, 3.63) is 53.9 Å². The topological polar surface area (TPSA) is 61.5 Å². The SMILES string of the molecule is COc1ccc(N2CCN(C(=O)c3ccc4nc(C(F)(F)F)[nH]c4c3)CC2)cc1. The summed E-state index contributed by atoms with van der Waals surface area (Å²) < 4.78 is 43.6. The zero-order valence-electron chi connectivity index (χ0n) is 15.7. The van der Waals surface area contributed by atoms with Crippen LogP contribution < -0.4 is 9.64 Å². The summed E-state index contributed by atoms with van der Waals surface area (Å²) in [7, 11) is 1.62. The molecule has 2 aromatic carbocycles. The number of aromatic amines is 1. The summed E-state index contributed by atoms with van der Waals surface area (Å²) >= 11 is 0. The molecule has 0 unspecified atom stereocenters. The van der Waals surface area contributed by atoms with E-state index >= 15 is 0 Å². The second kappa shape index (κ2) is 7.31. The van der Waals surface area contributed by atoms with Crippen molar-refractivity contribution in [1.29, 1.82) is 0 Å². The molecule has 1 aliphatic heterocycles. The Labute approximate surface area is 164 Å². The number of H-pyrrole nitrogens is 1. The van der Waals surface area contributed by atoms with E-state index in [-0.39, 0.29) is 16.9 Å². The fraction of sp³-hybridized carbons (Fsp3) is 0.300. The van der Waals surface area contributed by atoms with Crippen LogP contribution in [0.5, 0.6) is 5.75 Å². The number of hydrogen-bond acceptors (Lipinski definition) is 4. The predicted molar refractivity (Wildman–Crippen MR) is 102 cm³/mol. The standard InChI is InChI=1S/C20H19F3N4O2/c1-29-15-5-3-14(4-6-15)26-8-10-27(11-9-26)18(28)13-2-7-16-17(12-13)25-19(24-16)20(21,22)23/h2-7,12H,8-11H2,1H3,(H,24,25). The number of carbonyl (C=O) groups is 1. The lowest BCUT2D eigenvalue weighted by molar-refractivity contribution is -0.144. The monoisotopic (exact) mass is 404 g/mol. The van der Waals surface area contributed by atoms with E-state index in [9.17, 15) is 18.0 Å². The first-order chi connectivity index (χ1) is 13.8. The molecule has 152 valence electrons. The number of aromatic nitrogens is 2. The largest absolute Gasteiger partial charge is 0.497 e. The van der Waals surface area contributed by atoms with Crippen molar-refractivity contribution in [3.8, 4) is 5.75 Å². The van der Waals surface area contributed by atoms with Gasteiger partial charge in [-0.25, -0.2) is 4.98 Å². The van der Waals surface area contributed by atoms with Crippen molar-refractivity contribution in [3.63, 3.8) is 0 Å². The zero-order valence-corrected chi connectivity index (χ0v) is 15.7. The average molecular weight is 404 g/mol. The van der Waals surface area contributed by atoms with Crippen LogP contribution in [-0.4, -0.2) is 54.1 Å². The fourth-order valence-electron chi connectivity index (χ4n) is 3.42. The molecule has 0 bridgehead atoms. The third-order valence-corrected chi connectivity index (χ3v) is 5.00. The summed E-state index contributed by atoms with van der Waals surface area (Å²) in [5.41, 5.74) is 1.77. The molecule has 1 N–H and O–H groups in total. The Hall–Kier alpha value is -3.23. The number of nitrogens with zero attached hydrogens (tertiary/aromatic N) is 3. The van der Waals surface area contributed by atoms with Gasteiger partial charge in [0.1, 0.15) is 5.75 Å². The normalized spacial score (nSPS) is 15.0. The number of ether oxygens (including phenoxy) is 1. The number of piperazine rings is 1. The van der Waals surface area contributed by atoms with Crippen LogP contribution in [0, 0.1) is 0 Å². The highest BCUT2D eigenvalue weighted by Crippen LogP contribution is 2.29. The molecule has 0 atom stereocenters. The summed E-state index contributed by atoms with van der Waals surface area (Å²) in [6.07, 6.45) is -4.55. The number of alkyl halides is 3. The van der Waals surface area contributed by atoms with Crippen LogP contribution in [0.2, 0.25) is 0 Å². The number of imidazole rings is 1. The van der Waals surface area contributed by atoms with Gasteiger partial charge in [-0.05, 0) is 42.5 Å². The molecular formula is C20H19F3N4O2. The van der Waals surface area contributed by atoms with E-state index in [0.29, 0.717) is 31.7 Å². The second-order valence-electron chi connectivity index (χ2n) is 6.79. The van der Waals surface area contributed by atoms with Gasteiger partial charge in [-0.3, -0.25) is 4.79 Å². The number of rotatable bonds is 3. The van der Waals surface area contributed by atoms with Crippen LogP contribution >= 0.6 is 0 Å². The minimum Gasteiger partial charge on any atom is -0.497 e.